The highest BCUT2D eigenvalue weighted by atomic mass is 19.3. The summed E-state index contributed by atoms with van der Waals surface area (Å²) in [4.78, 5) is 0. The van der Waals surface area contributed by atoms with Crippen molar-refractivity contribution in [1.29, 1.82) is 0 Å². The first-order valence-electron chi connectivity index (χ1n) is 4.02. The van der Waals surface area contributed by atoms with E-state index >= 15 is 0 Å². The Bertz CT molecular complexity index is 123. The summed E-state index contributed by atoms with van der Waals surface area (Å²) in [7, 11) is 0. The Labute approximate surface area is 72.0 Å². The molecule has 0 aromatic heterocycles. The molecule has 0 aliphatic carbocycles. The summed E-state index contributed by atoms with van der Waals surface area (Å²) in [6, 6.07) is -0.509. The first-order chi connectivity index (χ1) is 5.35. The van der Waals surface area contributed by atoms with Crippen molar-refractivity contribution in [2.75, 3.05) is 6.61 Å². The van der Waals surface area contributed by atoms with Gasteiger partial charge in [-0.2, -0.15) is 0 Å². The average molecular weight is 181 g/mol. The molecule has 0 heterocycles. The Hall–Kier alpha value is -0.220. The van der Waals surface area contributed by atoms with Crippen LogP contribution in [-0.2, 0) is 0 Å². The zero-order valence-corrected chi connectivity index (χ0v) is 7.77. The third-order valence-corrected chi connectivity index (χ3v) is 1.32. The standard InChI is InChI=1S/C8H17F2NO/c1-8(2,3)11-6(5-12)4-7(9)10/h6-7,11-12H,4-5H2,1-3H3/t6-/m0/s1. The minimum absolute atomic E-state index is 0.234. The zero-order chi connectivity index (χ0) is 9.78. The van der Waals surface area contributed by atoms with Gasteiger partial charge in [0.25, 0.3) is 0 Å². The zero-order valence-electron chi connectivity index (χ0n) is 7.77. The Morgan fingerprint density at radius 3 is 2.08 bits per heavy atom. The SMILES string of the molecule is CC(C)(C)N[C@H](CO)CC(F)F. The van der Waals surface area contributed by atoms with Crippen molar-refractivity contribution >= 4 is 0 Å². The molecule has 12 heavy (non-hydrogen) atoms. The van der Waals surface area contributed by atoms with E-state index in [9.17, 15) is 8.78 Å². The second-order valence-electron chi connectivity index (χ2n) is 3.90. The van der Waals surface area contributed by atoms with Gasteiger partial charge in [0.15, 0.2) is 0 Å². The molecule has 1 atom stereocenters. The van der Waals surface area contributed by atoms with Crippen molar-refractivity contribution in [2.24, 2.45) is 0 Å². The first-order valence-corrected chi connectivity index (χ1v) is 4.02. The summed E-state index contributed by atoms with van der Waals surface area (Å²) in [5, 5.41) is 11.6. The van der Waals surface area contributed by atoms with Gasteiger partial charge < -0.3 is 10.4 Å². The maximum absolute atomic E-state index is 11.9. The van der Waals surface area contributed by atoms with E-state index in [2.05, 4.69) is 5.32 Å². The van der Waals surface area contributed by atoms with E-state index in [1.165, 1.54) is 0 Å². The molecular weight excluding hydrogens is 164 g/mol. The number of rotatable bonds is 4. The van der Waals surface area contributed by atoms with Crippen LogP contribution >= 0.6 is 0 Å². The predicted octanol–water partition coefficient (Wildman–Crippen LogP) is 1.39. The molecule has 0 aliphatic heterocycles. The number of alkyl halides is 2. The maximum atomic E-state index is 11.9. The molecule has 0 unspecified atom stereocenters. The van der Waals surface area contributed by atoms with Crippen molar-refractivity contribution in [2.45, 2.75) is 45.2 Å². The molecule has 4 heteroatoms. The lowest BCUT2D eigenvalue weighted by atomic mass is 10.1. The van der Waals surface area contributed by atoms with Gasteiger partial charge >= 0.3 is 0 Å². The van der Waals surface area contributed by atoms with E-state index in [0.717, 1.165) is 0 Å². The molecule has 0 aliphatic rings. The quantitative estimate of drug-likeness (QED) is 0.687. The molecular formula is C8H17F2NO. The molecule has 2 nitrogen and oxygen atoms in total. The normalized spacial score (nSPS) is 15.2. The molecule has 0 aromatic rings. The van der Waals surface area contributed by atoms with E-state index < -0.39 is 12.5 Å². The highest BCUT2D eigenvalue weighted by Gasteiger charge is 2.19. The minimum atomic E-state index is -2.36. The molecule has 0 spiro atoms. The number of hydrogen-bond acceptors (Lipinski definition) is 2. The lowest BCUT2D eigenvalue weighted by Crippen LogP contribution is -2.46. The van der Waals surface area contributed by atoms with Crippen LogP contribution in [0.15, 0.2) is 0 Å². The molecule has 0 saturated carbocycles. The highest BCUT2D eigenvalue weighted by Crippen LogP contribution is 2.08. The summed E-state index contributed by atoms with van der Waals surface area (Å²) in [5.74, 6) is 0. The topological polar surface area (TPSA) is 32.3 Å². The molecule has 0 bridgehead atoms. The van der Waals surface area contributed by atoms with Gasteiger partial charge in [0, 0.05) is 18.0 Å². The van der Waals surface area contributed by atoms with Crippen LogP contribution in [0.3, 0.4) is 0 Å². The number of aliphatic hydroxyl groups is 1. The van der Waals surface area contributed by atoms with Gasteiger partial charge in [-0.25, -0.2) is 8.78 Å². The van der Waals surface area contributed by atoms with Gasteiger partial charge in [0.2, 0.25) is 6.43 Å². The first kappa shape index (κ1) is 11.8. The maximum Gasteiger partial charge on any atom is 0.240 e. The fraction of sp³-hybridized carbons (Fsp3) is 1.00. The van der Waals surface area contributed by atoms with Crippen molar-refractivity contribution in [3.63, 3.8) is 0 Å². The van der Waals surface area contributed by atoms with E-state index in [1.807, 2.05) is 20.8 Å². The van der Waals surface area contributed by atoms with Gasteiger partial charge in [-0.05, 0) is 20.8 Å². The second-order valence-corrected chi connectivity index (χ2v) is 3.90. The van der Waals surface area contributed by atoms with Crippen LogP contribution in [0.2, 0.25) is 0 Å². The smallest absolute Gasteiger partial charge is 0.240 e. The third kappa shape index (κ3) is 6.49. The van der Waals surface area contributed by atoms with Crippen LogP contribution in [0.5, 0.6) is 0 Å². The lowest BCUT2D eigenvalue weighted by Gasteiger charge is -2.27. The van der Waals surface area contributed by atoms with Gasteiger partial charge in [-0.15, -0.1) is 0 Å². The van der Waals surface area contributed by atoms with Gasteiger partial charge in [0.05, 0.1) is 6.61 Å². The number of aliphatic hydroxyl groups excluding tert-OH is 1. The average Bonchev–Trinajstić information content (AvgIpc) is 1.82. The van der Waals surface area contributed by atoms with Crippen LogP contribution in [0, 0.1) is 0 Å². The van der Waals surface area contributed by atoms with Crippen LogP contribution in [0.4, 0.5) is 8.78 Å². The minimum Gasteiger partial charge on any atom is -0.395 e. The summed E-state index contributed by atoms with van der Waals surface area (Å²) in [5.41, 5.74) is -0.234. The Balaban J connectivity index is 3.83. The van der Waals surface area contributed by atoms with Crippen molar-refractivity contribution in [3.8, 4) is 0 Å². The summed E-state index contributed by atoms with van der Waals surface area (Å²) < 4.78 is 23.8. The van der Waals surface area contributed by atoms with Crippen LogP contribution < -0.4 is 5.32 Å². The summed E-state index contributed by atoms with van der Waals surface area (Å²) in [6.07, 6.45) is -2.66. The van der Waals surface area contributed by atoms with E-state index in [4.69, 9.17) is 5.11 Å². The molecule has 0 fully saturated rings. The van der Waals surface area contributed by atoms with Crippen LogP contribution in [-0.4, -0.2) is 29.7 Å². The fourth-order valence-corrected chi connectivity index (χ4v) is 1.01. The predicted molar refractivity (Wildman–Crippen MR) is 44.4 cm³/mol. The van der Waals surface area contributed by atoms with Crippen LogP contribution in [0.1, 0.15) is 27.2 Å². The van der Waals surface area contributed by atoms with E-state index in [1.54, 1.807) is 0 Å². The Morgan fingerprint density at radius 2 is 1.83 bits per heavy atom. The van der Waals surface area contributed by atoms with Gasteiger partial charge in [-0.1, -0.05) is 0 Å². The van der Waals surface area contributed by atoms with Crippen molar-refractivity contribution in [3.05, 3.63) is 0 Å². The molecule has 0 amide bonds. The summed E-state index contributed by atoms with van der Waals surface area (Å²) in [6.45, 7) is 5.38. The molecule has 0 rings (SSSR count). The fourth-order valence-electron chi connectivity index (χ4n) is 1.01. The lowest BCUT2D eigenvalue weighted by molar-refractivity contribution is 0.0967. The van der Waals surface area contributed by atoms with E-state index in [-0.39, 0.29) is 18.6 Å². The summed E-state index contributed by atoms with van der Waals surface area (Å²) >= 11 is 0. The van der Waals surface area contributed by atoms with Crippen molar-refractivity contribution < 1.29 is 13.9 Å². The largest absolute Gasteiger partial charge is 0.395 e. The van der Waals surface area contributed by atoms with Crippen molar-refractivity contribution in [1.82, 2.24) is 5.32 Å². The van der Waals surface area contributed by atoms with Gasteiger partial charge in [0.1, 0.15) is 0 Å². The Morgan fingerprint density at radius 1 is 1.33 bits per heavy atom. The van der Waals surface area contributed by atoms with Gasteiger partial charge in [-0.3, -0.25) is 0 Å². The Kier molecular flexibility index (Phi) is 4.63. The molecule has 74 valence electrons. The highest BCUT2D eigenvalue weighted by molar-refractivity contribution is 4.77. The van der Waals surface area contributed by atoms with E-state index in [0.29, 0.717) is 0 Å². The monoisotopic (exact) mass is 181 g/mol. The number of hydrogen-bond donors (Lipinski definition) is 2. The molecule has 2 N–H and O–H groups in total. The number of nitrogens with one attached hydrogen (secondary N) is 1. The number of halogens is 2. The van der Waals surface area contributed by atoms with Crippen LogP contribution in [0.25, 0.3) is 0 Å². The molecule has 0 aromatic carbocycles. The second kappa shape index (κ2) is 4.72. The third-order valence-electron chi connectivity index (χ3n) is 1.32. The molecule has 0 radical (unpaired) electrons. The molecule has 0 saturated heterocycles.